The van der Waals surface area contributed by atoms with Crippen molar-refractivity contribution in [3.8, 4) is 0 Å². The van der Waals surface area contributed by atoms with Gasteiger partial charge in [-0.2, -0.15) is 0 Å². The molecule has 0 atom stereocenters. The van der Waals surface area contributed by atoms with E-state index in [0.717, 1.165) is 0 Å². The summed E-state index contributed by atoms with van der Waals surface area (Å²) in [5.74, 6) is -0.966. The number of hydrogen-bond acceptors (Lipinski definition) is 2. The number of ketones is 2. The highest BCUT2D eigenvalue weighted by atomic mass is 19.1. The van der Waals surface area contributed by atoms with Gasteiger partial charge in [0.05, 0.1) is 5.41 Å². The molecule has 0 fully saturated rings. The molecule has 0 amide bonds. The second kappa shape index (κ2) is 4.78. The van der Waals surface area contributed by atoms with Gasteiger partial charge in [-0.15, -0.1) is 0 Å². The average molecular weight is 236 g/mol. The molecule has 0 spiro atoms. The Kier molecular flexibility index (Phi) is 3.81. The predicted molar refractivity (Wildman–Crippen MR) is 64.4 cm³/mol. The largest absolute Gasteiger partial charge is 0.298 e. The standard InChI is InChI=1S/C14H17FO2/c1-9(2)12(16)14(3,4)13(17)10-5-7-11(15)8-6-10/h5-9H,1-4H3. The highest BCUT2D eigenvalue weighted by Gasteiger charge is 2.37. The minimum absolute atomic E-state index is 0.105. The molecule has 0 saturated carbocycles. The topological polar surface area (TPSA) is 34.1 Å². The second-order valence-electron chi connectivity index (χ2n) is 4.98. The first-order valence-electron chi connectivity index (χ1n) is 5.61. The van der Waals surface area contributed by atoms with E-state index in [9.17, 15) is 14.0 Å². The SMILES string of the molecule is CC(C)C(=O)C(C)(C)C(=O)c1ccc(F)cc1. The van der Waals surface area contributed by atoms with E-state index in [2.05, 4.69) is 0 Å². The van der Waals surface area contributed by atoms with E-state index in [4.69, 9.17) is 0 Å². The molecule has 0 saturated heterocycles. The molecule has 0 heterocycles. The number of hydrogen-bond donors (Lipinski definition) is 0. The Hall–Kier alpha value is -1.51. The fraction of sp³-hybridized carbons (Fsp3) is 0.429. The van der Waals surface area contributed by atoms with Crippen molar-refractivity contribution in [1.82, 2.24) is 0 Å². The average Bonchev–Trinajstić information content (AvgIpc) is 2.27. The first-order chi connectivity index (χ1) is 7.76. The molecule has 1 rings (SSSR count). The zero-order valence-corrected chi connectivity index (χ0v) is 10.6. The molecule has 17 heavy (non-hydrogen) atoms. The van der Waals surface area contributed by atoms with E-state index >= 15 is 0 Å². The molecule has 0 aliphatic carbocycles. The van der Waals surface area contributed by atoms with Crippen LogP contribution in [0.3, 0.4) is 0 Å². The third-order valence-electron chi connectivity index (χ3n) is 2.81. The van der Waals surface area contributed by atoms with Gasteiger partial charge in [-0.3, -0.25) is 9.59 Å². The van der Waals surface area contributed by atoms with Crippen molar-refractivity contribution < 1.29 is 14.0 Å². The number of benzene rings is 1. The Morgan fingerprint density at radius 2 is 1.59 bits per heavy atom. The summed E-state index contributed by atoms with van der Waals surface area (Å²) in [5, 5.41) is 0. The van der Waals surface area contributed by atoms with Crippen molar-refractivity contribution in [3.63, 3.8) is 0 Å². The number of carbonyl (C=O) groups is 2. The molecule has 0 aliphatic rings. The minimum atomic E-state index is -1.06. The van der Waals surface area contributed by atoms with Crippen LogP contribution in [0, 0.1) is 17.2 Å². The first kappa shape index (κ1) is 13.6. The zero-order chi connectivity index (χ0) is 13.2. The van der Waals surface area contributed by atoms with Gasteiger partial charge in [-0.1, -0.05) is 13.8 Å². The van der Waals surface area contributed by atoms with Gasteiger partial charge in [-0.25, -0.2) is 4.39 Å². The van der Waals surface area contributed by atoms with E-state index in [-0.39, 0.29) is 17.5 Å². The van der Waals surface area contributed by atoms with Gasteiger partial charge in [-0.05, 0) is 38.1 Å². The number of rotatable bonds is 4. The lowest BCUT2D eigenvalue weighted by molar-refractivity contribution is -0.127. The van der Waals surface area contributed by atoms with Crippen molar-refractivity contribution in [3.05, 3.63) is 35.6 Å². The summed E-state index contributed by atoms with van der Waals surface area (Å²) in [6, 6.07) is 5.27. The third kappa shape index (κ3) is 2.78. The molecular formula is C14H17FO2. The van der Waals surface area contributed by atoms with E-state index in [1.165, 1.54) is 24.3 Å². The van der Waals surface area contributed by atoms with Gasteiger partial charge in [0, 0.05) is 11.5 Å². The molecule has 2 nitrogen and oxygen atoms in total. The van der Waals surface area contributed by atoms with Crippen LogP contribution in [0.1, 0.15) is 38.1 Å². The van der Waals surface area contributed by atoms with E-state index in [1.807, 2.05) is 0 Å². The van der Waals surface area contributed by atoms with Gasteiger partial charge < -0.3 is 0 Å². The molecule has 0 aromatic heterocycles. The van der Waals surface area contributed by atoms with Crippen molar-refractivity contribution >= 4 is 11.6 Å². The lowest BCUT2D eigenvalue weighted by atomic mass is 9.76. The minimum Gasteiger partial charge on any atom is -0.298 e. The fourth-order valence-electron chi connectivity index (χ4n) is 1.80. The normalized spacial score (nSPS) is 11.6. The summed E-state index contributed by atoms with van der Waals surface area (Å²) < 4.78 is 12.8. The summed E-state index contributed by atoms with van der Waals surface area (Å²) in [6.45, 7) is 6.76. The van der Waals surface area contributed by atoms with Crippen LogP contribution >= 0.6 is 0 Å². The third-order valence-corrected chi connectivity index (χ3v) is 2.81. The van der Waals surface area contributed by atoms with Crippen molar-refractivity contribution in [2.45, 2.75) is 27.7 Å². The van der Waals surface area contributed by atoms with Crippen LogP contribution in [0.2, 0.25) is 0 Å². The molecule has 92 valence electrons. The Morgan fingerprint density at radius 3 is 2.00 bits per heavy atom. The Labute approximate surface area is 101 Å². The second-order valence-corrected chi connectivity index (χ2v) is 4.98. The van der Waals surface area contributed by atoms with Crippen LogP contribution < -0.4 is 0 Å². The quantitative estimate of drug-likeness (QED) is 0.594. The van der Waals surface area contributed by atoms with Crippen LogP contribution in [0.4, 0.5) is 4.39 Å². The molecule has 0 bridgehead atoms. The Morgan fingerprint density at radius 1 is 1.12 bits per heavy atom. The molecule has 1 aromatic carbocycles. The van der Waals surface area contributed by atoms with Crippen LogP contribution in [0.25, 0.3) is 0 Å². The Bertz CT molecular complexity index is 430. The van der Waals surface area contributed by atoms with Crippen molar-refractivity contribution in [2.24, 2.45) is 11.3 Å². The van der Waals surface area contributed by atoms with Crippen molar-refractivity contribution in [2.75, 3.05) is 0 Å². The maximum absolute atomic E-state index is 12.8. The van der Waals surface area contributed by atoms with Crippen LogP contribution in [0.15, 0.2) is 24.3 Å². The maximum atomic E-state index is 12.8. The summed E-state index contributed by atoms with van der Waals surface area (Å²) in [4.78, 5) is 24.1. The highest BCUT2D eigenvalue weighted by Crippen LogP contribution is 2.26. The molecule has 0 unspecified atom stereocenters. The lowest BCUT2D eigenvalue weighted by Gasteiger charge is -2.23. The van der Waals surface area contributed by atoms with E-state index in [0.29, 0.717) is 5.56 Å². The van der Waals surface area contributed by atoms with Crippen LogP contribution in [-0.4, -0.2) is 11.6 Å². The van der Waals surface area contributed by atoms with E-state index in [1.54, 1.807) is 27.7 Å². The van der Waals surface area contributed by atoms with E-state index < -0.39 is 11.2 Å². The maximum Gasteiger partial charge on any atom is 0.175 e. The van der Waals surface area contributed by atoms with Crippen LogP contribution in [0.5, 0.6) is 0 Å². The summed E-state index contributed by atoms with van der Waals surface area (Å²) in [5.41, 5.74) is -0.697. The molecule has 0 aliphatic heterocycles. The van der Waals surface area contributed by atoms with Gasteiger partial charge in [0.25, 0.3) is 0 Å². The monoisotopic (exact) mass is 236 g/mol. The fourth-order valence-corrected chi connectivity index (χ4v) is 1.80. The van der Waals surface area contributed by atoms with Crippen molar-refractivity contribution in [1.29, 1.82) is 0 Å². The number of Topliss-reactive ketones (excluding diaryl/α,β-unsaturated/α-hetero) is 2. The molecular weight excluding hydrogens is 219 g/mol. The predicted octanol–water partition coefficient (Wildman–Crippen LogP) is 3.26. The molecule has 3 heteroatoms. The lowest BCUT2D eigenvalue weighted by Crippen LogP contribution is -2.36. The first-order valence-corrected chi connectivity index (χ1v) is 5.61. The molecule has 0 N–H and O–H groups in total. The smallest absolute Gasteiger partial charge is 0.175 e. The number of halogens is 1. The summed E-state index contributed by atoms with van der Waals surface area (Å²) in [6.07, 6.45) is 0. The molecule has 1 aromatic rings. The Balaban J connectivity index is 3.04. The summed E-state index contributed by atoms with van der Waals surface area (Å²) in [7, 11) is 0. The summed E-state index contributed by atoms with van der Waals surface area (Å²) >= 11 is 0. The molecule has 0 radical (unpaired) electrons. The van der Waals surface area contributed by atoms with Gasteiger partial charge in [0.2, 0.25) is 0 Å². The highest BCUT2D eigenvalue weighted by molar-refractivity contribution is 6.14. The number of carbonyl (C=O) groups excluding carboxylic acids is 2. The zero-order valence-electron chi connectivity index (χ0n) is 10.6. The van der Waals surface area contributed by atoms with Gasteiger partial charge in [0.15, 0.2) is 5.78 Å². The van der Waals surface area contributed by atoms with Crippen LogP contribution in [-0.2, 0) is 4.79 Å². The van der Waals surface area contributed by atoms with Gasteiger partial charge >= 0.3 is 0 Å². The van der Waals surface area contributed by atoms with Gasteiger partial charge in [0.1, 0.15) is 11.6 Å².